The smallest absolute Gasteiger partial charge is 0.209 e. The number of Topliss-reactive ketones (excluding diaryl/α,β-unsaturated/α-hetero) is 1. The van der Waals surface area contributed by atoms with Gasteiger partial charge in [-0.3, -0.25) is 9.36 Å². The summed E-state index contributed by atoms with van der Waals surface area (Å²) in [6.07, 6.45) is 1.34. The molecule has 1 N–H and O–H groups in total. The lowest BCUT2D eigenvalue weighted by molar-refractivity contribution is -0.118. The summed E-state index contributed by atoms with van der Waals surface area (Å²) in [7, 11) is 1.67. The molecule has 0 bridgehead atoms. The van der Waals surface area contributed by atoms with E-state index in [0.29, 0.717) is 6.42 Å². The molecule has 1 atom stereocenters. The molecule has 1 aromatic heterocycles. The van der Waals surface area contributed by atoms with Crippen molar-refractivity contribution in [2.45, 2.75) is 32.7 Å². The first-order valence-corrected chi connectivity index (χ1v) is 10.5. The molecule has 1 aliphatic carbocycles. The van der Waals surface area contributed by atoms with E-state index in [1.165, 1.54) is 0 Å². The molecule has 6 heteroatoms. The van der Waals surface area contributed by atoms with Crippen LogP contribution in [-0.4, -0.2) is 22.4 Å². The molecule has 0 saturated heterocycles. The van der Waals surface area contributed by atoms with E-state index in [4.69, 9.17) is 9.72 Å². The van der Waals surface area contributed by atoms with Crippen LogP contribution in [0.1, 0.15) is 38.3 Å². The predicted molar refractivity (Wildman–Crippen MR) is 117 cm³/mol. The standard InChI is InChI=1S/C23H22BrN3O2/c1-23(2)11-16-20(18(28)12-23)21(14-10-13(24)8-9-19(14)29-3)27-17-7-5-4-6-15(17)25-22(27)26-16/h4-10,21H,11-12H2,1-3H3,(H,25,26)/t21-/m0/s1. The van der Waals surface area contributed by atoms with Gasteiger partial charge in [0.2, 0.25) is 5.95 Å². The molecule has 0 saturated carbocycles. The van der Waals surface area contributed by atoms with Crippen LogP contribution in [0.4, 0.5) is 5.95 Å². The first-order valence-electron chi connectivity index (χ1n) is 9.72. The fourth-order valence-electron chi connectivity index (χ4n) is 4.64. The third-order valence-corrected chi connectivity index (χ3v) is 6.29. The first kappa shape index (κ1) is 18.4. The summed E-state index contributed by atoms with van der Waals surface area (Å²) in [5.41, 5.74) is 4.56. The van der Waals surface area contributed by atoms with Crippen LogP contribution in [0.3, 0.4) is 0 Å². The van der Waals surface area contributed by atoms with Crippen molar-refractivity contribution in [1.29, 1.82) is 0 Å². The minimum Gasteiger partial charge on any atom is -0.496 e. The molecule has 2 aromatic carbocycles. The first-order chi connectivity index (χ1) is 13.9. The van der Waals surface area contributed by atoms with Crippen LogP contribution in [0.25, 0.3) is 11.0 Å². The van der Waals surface area contributed by atoms with Gasteiger partial charge in [-0.05, 0) is 42.2 Å². The number of para-hydroxylation sites is 2. The van der Waals surface area contributed by atoms with Gasteiger partial charge in [0.25, 0.3) is 0 Å². The Morgan fingerprint density at radius 2 is 2.00 bits per heavy atom. The molecule has 2 heterocycles. The molecule has 0 fully saturated rings. The Bertz CT molecular complexity index is 1190. The molecule has 1 aliphatic heterocycles. The lowest BCUT2D eigenvalue weighted by atomic mass is 9.73. The number of anilines is 1. The second kappa shape index (κ2) is 6.46. The molecule has 5 rings (SSSR count). The number of nitrogens with zero attached hydrogens (tertiary/aromatic N) is 2. The number of halogens is 1. The molecule has 2 aliphatic rings. The summed E-state index contributed by atoms with van der Waals surface area (Å²) in [5.74, 6) is 1.70. The van der Waals surface area contributed by atoms with Crippen LogP contribution < -0.4 is 10.1 Å². The highest BCUT2D eigenvalue weighted by Gasteiger charge is 2.42. The van der Waals surface area contributed by atoms with Gasteiger partial charge in [0.05, 0.1) is 24.2 Å². The van der Waals surface area contributed by atoms with E-state index in [0.717, 1.165) is 50.5 Å². The van der Waals surface area contributed by atoms with Crippen LogP contribution in [0.15, 0.2) is 58.2 Å². The van der Waals surface area contributed by atoms with Crippen LogP contribution in [0, 0.1) is 5.41 Å². The third kappa shape index (κ3) is 2.89. The van der Waals surface area contributed by atoms with E-state index in [9.17, 15) is 4.79 Å². The maximum atomic E-state index is 13.4. The van der Waals surface area contributed by atoms with Crippen molar-refractivity contribution in [3.05, 3.63) is 63.8 Å². The van der Waals surface area contributed by atoms with Crippen LogP contribution in [-0.2, 0) is 4.79 Å². The largest absolute Gasteiger partial charge is 0.496 e. The average molecular weight is 452 g/mol. The maximum Gasteiger partial charge on any atom is 0.209 e. The lowest BCUT2D eigenvalue weighted by Crippen LogP contribution is -2.36. The number of aromatic nitrogens is 2. The Morgan fingerprint density at radius 1 is 1.21 bits per heavy atom. The number of benzene rings is 2. The van der Waals surface area contributed by atoms with Gasteiger partial charge >= 0.3 is 0 Å². The fourth-order valence-corrected chi connectivity index (χ4v) is 5.01. The highest BCUT2D eigenvalue weighted by atomic mass is 79.9. The van der Waals surface area contributed by atoms with Gasteiger partial charge in [-0.25, -0.2) is 4.98 Å². The number of carbonyl (C=O) groups is 1. The topological polar surface area (TPSA) is 56.1 Å². The second-order valence-electron chi connectivity index (χ2n) is 8.54. The number of ketones is 1. The van der Waals surface area contributed by atoms with Crippen molar-refractivity contribution in [1.82, 2.24) is 9.55 Å². The molecule has 0 amide bonds. The Balaban J connectivity index is 1.83. The molecule has 0 spiro atoms. The zero-order valence-electron chi connectivity index (χ0n) is 16.6. The maximum absolute atomic E-state index is 13.4. The molecule has 148 valence electrons. The number of allylic oxidation sites excluding steroid dienone is 2. The van der Waals surface area contributed by atoms with E-state index in [-0.39, 0.29) is 17.2 Å². The predicted octanol–water partition coefficient (Wildman–Crippen LogP) is 5.47. The molecular formula is C23H22BrN3O2. The van der Waals surface area contributed by atoms with Crippen molar-refractivity contribution >= 4 is 38.7 Å². The monoisotopic (exact) mass is 451 g/mol. The summed E-state index contributed by atoms with van der Waals surface area (Å²) >= 11 is 3.60. The number of ether oxygens (including phenoxy) is 1. The Hall–Kier alpha value is -2.60. The number of imidazole rings is 1. The normalized spacial score (nSPS) is 20.3. The highest BCUT2D eigenvalue weighted by molar-refractivity contribution is 9.10. The summed E-state index contributed by atoms with van der Waals surface area (Å²) in [5, 5.41) is 3.48. The van der Waals surface area contributed by atoms with Crippen molar-refractivity contribution in [3.8, 4) is 5.75 Å². The van der Waals surface area contributed by atoms with E-state index in [2.05, 4.69) is 39.7 Å². The third-order valence-electron chi connectivity index (χ3n) is 5.80. The number of methoxy groups -OCH3 is 1. The molecule has 3 aromatic rings. The van der Waals surface area contributed by atoms with E-state index >= 15 is 0 Å². The van der Waals surface area contributed by atoms with Crippen LogP contribution in [0.5, 0.6) is 5.75 Å². The minimum atomic E-state index is -0.287. The number of fused-ring (bicyclic) bond motifs is 3. The summed E-state index contributed by atoms with van der Waals surface area (Å²) in [6.45, 7) is 4.28. The van der Waals surface area contributed by atoms with E-state index in [1.54, 1.807) is 7.11 Å². The van der Waals surface area contributed by atoms with Crippen molar-refractivity contribution < 1.29 is 9.53 Å². The number of hydrogen-bond donors (Lipinski definition) is 1. The van der Waals surface area contributed by atoms with Gasteiger partial charge in [0.1, 0.15) is 5.75 Å². The highest BCUT2D eigenvalue weighted by Crippen LogP contribution is 2.48. The van der Waals surface area contributed by atoms with E-state index < -0.39 is 0 Å². The van der Waals surface area contributed by atoms with Crippen molar-refractivity contribution in [2.75, 3.05) is 12.4 Å². The van der Waals surface area contributed by atoms with Gasteiger partial charge < -0.3 is 10.1 Å². The summed E-state index contributed by atoms with van der Waals surface area (Å²) in [6, 6.07) is 13.7. The number of hydrogen-bond acceptors (Lipinski definition) is 4. The SMILES string of the molecule is COc1ccc(Br)cc1[C@H]1C2=C(CC(C)(C)CC2=O)Nc2nc3ccccc3n21. The zero-order valence-corrected chi connectivity index (χ0v) is 18.2. The van der Waals surface area contributed by atoms with Crippen LogP contribution >= 0.6 is 15.9 Å². The molecule has 29 heavy (non-hydrogen) atoms. The number of carbonyl (C=O) groups excluding carboxylic acids is 1. The lowest BCUT2D eigenvalue weighted by Gasteiger charge is -2.39. The number of nitrogens with one attached hydrogen (secondary N) is 1. The molecule has 5 nitrogen and oxygen atoms in total. The molecular weight excluding hydrogens is 430 g/mol. The van der Waals surface area contributed by atoms with Gasteiger partial charge in [-0.2, -0.15) is 0 Å². The molecule has 0 radical (unpaired) electrons. The van der Waals surface area contributed by atoms with Gasteiger partial charge in [0, 0.05) is 27.7 Å². The zero-order chi connectivity index (χ0) is 20.3. The fraction of sp³-hybridized carbons (Fsp3) is 0.304. The van der Waals surface area contributed by atoms with E-state index in [1.807, 2.05) is 42.5 Å². The van der Waals surface area contributed by atoms with Gasteiger partial charge in [0.15, 0.2) is 5.78 Å². The minimum absolute atomic E-state index is 0.0803. The Labute approximate surface area is 177 Å². The van der Waals surface area contributed by atoms with Crippen molar-refractivity contribution in [2.24, 2.45) is 5.41 Å². The summed E-state index contributed by atoms with van der Waals surface area (Å²) in [4.78, 5) is 18.2. The summed E-state index contributed by atoms with van der Waals surface area (Å²) < 4.78 is 8.79. The van der Waals surface area contributed by atoms with Gasteiger partial charge in [-0.15, -0.1) is 0 Å². The van der Waals surface area contributed by atoms with Crippen molar-refractivity contribution in [3.63, 3.8) is 0 Å². The van der Waals surface area contributed by atoms with Gasteiger partial charge in [-0.1, -0.05) is 41.9 Å². The Kier molecular flexibility index (Phi) is 4.10. The Morgan fingerprint density at radius 3 is 2.79 bits per heavy atom. The molecule has 0 unspecified atom stereocenters. The van der Waals surface area contributed by atoms with Crippen LogP contribution in [0.2, 0.25) is 0 Å². The quantitative estimate of drug-likeness (QED) is 0.561. The average Bonchev–Trinajstić information content (AvgIpc) is 3.03. The second-order valence-corrected chi connectivity index (χ2v) is 9.46. The number of rotatable bonds is 2.